The molecule has 1 aliphatic heterocycles. The Labute approximate surface area is 114 Å². The van der Waals surface area contributed by atoms with Crippen molar-refractivity contribution in [2.45, 2.75) is 6.54 Å². The van der Waals surface area contributed by atoms with Gasteiger partial charge in [0, 0.05) is 24.0 Å². The Morgan fingerprint density at radius 2 is 2.10 bits per heavy atom. The Kier molecular flexibility index (Phi) is 1.65. The second-order valence-corrected chi connectivity index (χ2v) is 5.23. The molecule has 0 fully saturated rings. The van der Waals surface area contributed by atoms with Crippen LogP contribution < -0.4 is 4.57 Å². The van der Waals surface area contributed by atoms with Crippen LogP contribution in [0.2, 0.25) is 0 Å². The van der Waals surface area contributed by atoms with Gasteiger partial charge in [0.15, 0.2) is 5.52 Å². The van der Waals surface area contributed by atoms with Crippen molar-refractivity contribution in [3.8, 4) is 11.4 Å². The van der Waals surface area contributed by atoms with Crippen LogP contribution >= 0.6 is 0 Å². The number of aromatic nitrogens is 5. The minimum absolute atomic E-state index is 0.879. The van der Waals surface area contributed by atoms with E-state index in [1.54, 1.807) is 0 Å². The molecule has 20 heavy (non-hydrogen) atoms. The van der Waals surface area contributed by atoms with Crippen LogP contribution in [-0.2, 0) is 13.6 Å². The molecule has 5 heteroatoms. The molecule has 0 unspecified atom stereocenters. The van der Waals surface area contributed by atoms with Crippen LogP contribution in [0.4, 0.5) is 0 Å². The average Bonchev–Trinajstić information content (AvgIpc) is 3.10. The highest BCUT2D eigenvalue weighted by molar-refractivity contribution is 5.82. The maximum atomic E-state index is 4.24. The number of nitrogens with zero attached hydrogens (tertiary/aromatic N) is 5. The Hall–Kier alpha value is -2.69. The summed E-state index contributed by atoms with van der Waals surface area (Å²) in [5.74, 6) is 1.25. The lowest BCUT2D eigenvalue weighted by atomic mass is 10.2. The van der Waals surface area contributed by atoms with Gasteiger partial charge < -0.3 is 0 Å². The first kappa shape index (κ1) is 10.1. The quantitative estimate of drug-likeness (QED) is 0.397. The van der Waals surface area contributed by atoms with Crippen molar-refractivity contribution in [3.63, 3.8) is 0 Å². The molecule has 0 atom stereocenters. The Morgan fingerprint density at radius 1 is 1.20 bits per heavy atom. The highest BCUT2D eigenvalue weighted by Crippen LogP contribution is 2.31. The molecule has 5 rings (SSSR count). The third-order valence-electron chi connectivity index (χ3n) is 4.19. The van der Waals surface area contributed by atoms with Crippen molar-refractivity contribution < 1.29 is 4.57 Å². The lowest BCUT2D eigenvalue weighted by Crippen LogP contribution is -2.32. The number of imidazole rings is 1. The zero-order valence-corrected chi connectivity index (χ0v) is 11.0. The van der Waals surface area contributed by atoms with Crippen molar-refractivity contribution in [2.75, 3.05) is 0 Å². The first-order chi connectivity index (χ1) is 9.84. The van der Waals surface area contributed by atoms with Gasteiger partial charge in [-0.1, -0.05) is 0 Å². The molecule has 0 spiro atoms. The van der Waals surface area contributed by atoms with Gasteiger partial charge in [-0.2, -0.15) is 0 Å². The number of pyridine rings is 1. The summed E-state index contributed by atoms with van der Waals surface area (Å²) in [4.78, 5) is 8.44. The number of hydrogen-bond acceptors (Lipinski definition) is 2. The summed E-state index contributed by atoms with van der Waals surface area (Å²) in [5, 5.41) is 0. The van der Waals surface area contributed by atoms with Crippen LogP contribution in [0, 0.1) is 0 Å². The second kappa shape index (κ2) is 3.25. The fourth-order valence-electron chi connectivity index (χ4n) is 3.33. The van der Waals surface area contributed by atoms with Gasteiger partial charge in [0.1, 0.15) is 5.52 Å². The summed E-state index contributed by atoms with van der Waals surface area (Å²) in [5.41, 5.74) is 6.13. The SMILES string of the molecule is Cn1c2[n+](c3c1cc1cnccn13)Cc1cnccc1-2. The van der Waals surface area contributed by atoms with Gasteiger partial charge in [-0.05, 0) is 6.07 Å². The van der Waals surface area contributed by atoms with Gasteiger partial charge in [-0.3, -0.25) is 14.5 Å². The van der Waals surface area contributed by atoms with Gasteiger partial charge in [0.05, 0.1) is 37.7 Å². The zero-order chi connectivity index (χ0) is 13.3. The van der Waals surface area contributed by atoms with Crippen molar-refractivity contribution in [1.29, 1.82) is 0 Å². The first-order valence-electron chi connectivity index (χ1n) is 6.61. The maximum Gasteiger partial charge on any atom is 0.273 e. The molecule has 0 bridgehead atoms. The Morgan fingerprint density at radius 3 is 3.05 bits per heavy atom. The Bertz CT molecular complexity index is 992. The van der Waals surface area contributed by atoms with Crippen LogP contribution in [0.3, 0.4) is 0 Å². The van der Waals surface area contributed by atoms with E-state index in [0.29, 0.717) is 0 Å². The third kappa shape index (κ3) is 1.02. The fourth-order valence-corrected chi connectivity index (χ4v) is 3.33. The maximum absolute atomic E-state index is 4.24. The molecule has 4 aromatic rings. The molecular weight excluding hydrogens is 250 g/mol. The monoisotopic (exact) mass is 262 g/mol. The van der Waals surface area contributed by atoms with Crippen LogP contribution in [-0.4, -0.2) is 18.9 Å². The van der Waals surface area contributed by atoms with Gasteiger partial charge >= 0.3 is 0 Å². The lowest BCUT2D eigenvalue weighted by Gasteiger charge is -1.95. The molecule has 4 aromatic heterocycles. The highest BCUT2D eigenvalue weighted by atomic mass is 15.2. The van der Waals surface area contributed by atoms with Gasteiger partial charge in [-0.15, -0.1) is 0 Å². The molecule has 0 N–H and O–H groups in total. The predicted octanol–water partition coefficient (Wildman–Crippen LogP) is 1.54. The van der Waals surface area contributed by atoms with Crippen molar-refractivity contribution in [3.05, 3.63) is 48.7 Å². The van der Waals surface area contributed by atoms with Gasteiger partial charge in [0.25, 0.3) is 5.65 Å². The van der Waals surface area contributed by atoms with Crippen LogP contribution in [0.1, 0.15) is 5.56 Å². The molecule has 96 valence electrons. The summed E-state index contributed by atoms with van der Waals surface area (Å²) >= 11 is 0. The number of fused-ring (bicyclic) bond motifs is 7. The van der Waals surface area contributed by atoms with Crippen LogP contribution in [0.25, 0.3) is 28.1 Å². The molecular formula is C15H12N5+. The van der Waals surface area contributed by atoms with E-state index in [1.807, 2.05) is 31.0 Å². The summed E-state index contributed by atoms with van der Waals surface area (Å²) in [6, 6.07) is 4.29. The summed E-state index contributed by atoms with van der Waals surface area (Å²) in [6.45, 7) is 0.879. The lowest BCUT2D eigenvalue weighted by molar-refractivity contribution is -0.648. The molecule has 1 aliphatic rings. The minimum Gasteiger partial charge on any atom is -0.264 e. The van der Waals surface area contributed by atoms with E-state index in [1.165, 1.54) is 28.1 Å². The predicted molar refractivity (Wildman–Crippen MR) is 74.2 cm³/mol. The molecule has 0 aromatic carbocycles. The average molecular weight is 262 g/mol. The topological polar surface area (TPSA) is 39.0 Å². The standard InChI is InChI=1S/C15H12N5/c1-18-13-6-11-8-17-4-5-19(11)15(13)20-9-10-7-16-3-2-12(10)14(18)20/h2-8H,9H2,1H3/q+1. The molecule has 0 aliphatic carbocycles. The van der Waals surface area contributed by atoms with E-state index in [-0.39, 0.29) is 0 Å². The number of rotatable bonds is 0. The van der Waals surface area contributed by atoms with E-state index in [2.05, 4.69) is 42.7 Å². The minimum atomic E-state index is 0.879. The summed E-state index contributed by atoms with van der Waals surface area (Å²) in [7, 11) is 2.12. The van der Waals surface area contributed by atoms with Gasteiger partial charge in [-0.25, -0.2) is 8.97 Å². The second-order valence-electron chi connectivity index (χ2n) is 5.23. The van der Waals surface area contributed by atoms with Crippen molar-refractivity contribution >= 4 is 16.7 Å². The largest absolute Gasteiger partial charge is 0.273 e. The highest BCUT2D eigenvalue weighted by Gasteiger charge is 2.32. The van der Waals surface area contributed by atoms with Crippen LogP contribution in [0.5, 0.6) is 0 Å². The molecule has 0 saturated heterocycles. The molecule has 0 amide bonds. The summed E-state index contributed by atoms with van der Waals surface area (Å²) in [6.07, 6.45) is 9.58. The normalized spacial score (nSPS) is 13.1. The number of aryl methyl sites for hydroxylation is 1. The molecule has 0 saturated carbocycles. The van der Waals surface area contributed by atoms with Gasteiger partial charge in [0.2, 0.25) is 5.82 Å². The van der Waals surface area contributed by atoms with E-state index in [9.17, 15) is 0 Å². The van der Waals surface area contributed by atoms with E-state index >= 15 is 0 Å². The van der Waals surface area contributed by atoms with Crippen molar-refractivity contribution in [2.24, 2.45) is 7.05 Å². The molecule has 5 heterocycles. The summed E-state index contributed by atoms with van der Waals surface area (Å²) < 4.78 is 6.81. The van der Waals surface area contributed by atoms with E-state index < -0.39 is 0 Å². The third-order valence-corrected chi connectivity index (χ3v) is 4.19. The van der Waals surface area contributed by atoms with Crippen LogP contribution in [0.15, 0.2) is 43.1 Å². The van der Waals surface area contributed by atoms with Crippen molar-refractivity contribution in [1.82, 2.24) is 18.9 Å². The van der Waals surface area contributed by atoms with E-state index in [4.69, 9.17) is 0 Å². The molecule has 0 radical (unpaired) electrons. The molecule has 5 nitrogen and oxygen atoms in total. The first-order valence-corrected chi connectivity index (χ1v) is 6.61. The zero-order valence-electron chi connectivity index (χ0n) is 11.0. The smallest absolute Gasteiger partial charge is 0.264 e. The Balaban J connectivity index is 1.99. The van der Waals surface area contributed by atoms with E-state index in [0.717, 1.165) is 12.1 Å². The number of hydrogen-bond donors (Lipinski definition) is 0. The fraction of sp³-hybridized carbons (Fsp3) is 0.133.